The zero-order valence-electron chi connectivity index (χ0n) is 19.7. The van der Waals surface area contributed by atoms with Gasteiger partial charge in [-0.3, -0.25) is 9.69 Å². The number of amides is 2. The minimum Gasteiger partial charge on any atom is -0.487 e. The first-order valence-electron chi connectivity index (χ1n) is 11.1. The van der Waals surface area contributed by atoms with E-state index in [-0.39, 0.29) is 25.0 Å². The maximum atomic E-state index is 13.1. The van der Waals surface area contributed by atoms with Crippen molar-refractivity contribution >= 4 is 17.8 Å². The van der Waals surface area contributed by atoms with Crippen LogP contribution in [0.4, 0.5) is 4.79 Å². The number of carbonyl (C=O) groups excluding carboxylic acids is 3. The predicted octanol–water partition coefficient (Wildman–Crippen LogP) is 4.49. The molecule has 2 aromatic rings. The molecule has 0 aliphatic carbocycles. The molecular weight excluding hydrogens is 420 g/mol. The van der Waals surface area contributed by atoms with Gasteiger partial charge in [0.2, 0.25) is 0 Å². The SMILES string of the molecule is CCOC(=O)C1=C(COc2ccc(C(C)=O)cc2)N(CC)C(=O)NC1c1ccc(C)cc1C. The minimum atomic E-state index is -0.654. The Morgan fingerprint density at radius 1 is 1.06 bits per heavy atom. The molecule has 7 heteroatoms. The highest BCUT2D eigenvalue weighted by atomic mass is 16.5. The van der Waals surface area contributed by atoms with E-state index in [1.807, 2.05) is 39.0 Å². The lowest BCUT2D eigenvalue weighted by atomic mass is 9.91. The second kappa shape index (κ2) is 10.3. The summed E-state index contributed by atoms with van der Waals surface area (Å²) in [5.74, 6) is -0.00135. The molecule has 2 aromatic carbocycles. The number of esters is 1. The maximum absolute atomic E-state index is 13.1. The van der Waals surface area contributed by atoms with E-state index in [0.29, 0.717) is 29.1 Å². The number of nitrogens with one attached hydrogen (secondary N) is 1. The number of hydrogen-bond acceptors (Lipinski definition) is 5. The van der Waals surface area contributed by atoms with Gasteiger partial charge in [0, 0.05) is 12.1 Å². The summed E-state index contributed by atoms with van der Waals surface area (Å²) in [7, 11) is 0. The van der Waals surface area contributed by atoms with E-state index < -0.39 is 12.0 Å². The summed E-state index contributed by atoms with van der Waals surface area (Å²) in [5.41, 5.74) is 4.28. The van der Waals surface area contributed by atoms with Crippen LogP contribution in [0.1, 0.15) is 53.9 Å². The highest BCUT2D eigenvalue weighted by molar-refractivity contribution is 5.95. The van der Waals surface area contributed by atoms with Crippen molar-refractivity contribution in [2.24, 2.45) is 0 Å². The average Bonchev–Trinajstić information content (AvgIpc) is 2.77. The van der Waals surface area contributed by atoms with E-state index in [4.69, 9.17) is 9.47 Å². The zero-order chi connectivity index (χ0) is 24.1. The Morgan fingerprint density at radius 2 is 1.76 bits per heavy atom. The van der Waals surface area contributed by atoms with E-state index in [1.165, 1.54) is 11.8 Å². The van der Waals surface area contributed by atoms with Crippen LogP contribution in [0.15, 0.2) is 53.7 Å². The number of ketones is 1. The van der Waals surface area contributed by atoms with Gasteiger partial charge >= 0.3 is 12.0 Å². The number of benzene rings is 2. The summed E-state index contributed by atoms with van der Waals surface area (Å²) in [5, 5.41) is 2.97. The van der Waals surface area contributed by atoms with Crippen molar-refractivity contribution in [1.82, 2.24) is 10.2 Å². The van der Waals surface area contributed by atoms with Gasteiger partial charge in [0.1, 0.15) is 12.4 Å². The van der Waals surface area contributed by atoms with Crippen molar-refractivity contribution in [2.75, 3.05) is 19.8 Å². The molecule has 33 heavy (non-hydrogen) atoms. The molecule has 0 radical (unpaired) electrons. The van der Waals surface area contributed by atoms with Crippen LogP contribution >= 0.6 is 0 Å². The molecule has 0 fully saturated rings. The lowest BCUT2D eigenvalue weighted by Crippen LogP contribution is -2.49. The summed E-state index contributed by atoms with van der Waals surface area (Å²) in [6, 6.07) is 11.7. The van der Waals surface area contributed by atoms with Gasteiger partial charge in [0.05, 0.1) is 23.9 Å². The lowest BCUT2D eigenvalue weighted by molar-refractivity contribution is -0.139. The Bertz CT molecular complexity index is 1090. The molecular formula is C26H30N2O5. The summed E-state index contributed by atoms with van der Waals surface area (Å²) in [6.45, 7) is 9.59. The fraction of sp³-hybridized carbons (Fsp3) is 0.346. The van der Waals surface area contributed by atoms with Crippen LogP contribution in [0.25, 0.3) is 0 Å². The number of carbonyl (C=O) groups is 3. The van der Waals surface area contributed by atoms with E-state index in [0.717, 1.165) is 16.7 Å². The van der Waals surface area contributed by atoms with Crippen LogP contribution in [-0.2, 0) is 9.53 Å². The number of rotatable bonds is 8. The molecule has 1 atom stereocenters. The second-order valence-electron chi connectivity index (χ2n) is 7.94. The quantitative estimate of drug-likeness (QED) is 0.473. The molecule has 0 saturated heterocycles. The number of hydrogen-bond donors (Lipinski definition) is 1. The summed E-state index contributed by atoms with van der Waals surface area (Å²) in [4.78, 5) is 39.1. The monoisotopic (exact) mass is 450 g/mol. The number of ether oxygens (including phenoxy) is 2. The molecule has 0 bridgehead atoms. The third-order valence-electron chi connectivity index (χ3n) is 5.62. The molecule has 1 N–H and O–H groups in total. The van der Waals surface area contributed by atoms with Gasteiger partial charge in [-0.2, -0.15) is 0 Å². The minimum absolute atomic E-state index is 0.00374. The third-order valence-corrected chi connectivity index (χ3v) is 5.62. The third kappa shape index (κ3) is 5.25. The van der Waals surface area contributed by atoms with E-state index in [9.17, 15) is 14.4 Å². The Kier molecular flexibility index (Phi) is 7.53. The smallest absolute Gasteiger partial charge is 0.338 e. The molecule has 1 unspecified atom stereocenters. The van der Waals surface area contributed by atoms with Crippen molar-refractivity contribution in [1.29, 1.82) is 0 Å². The second-order valence-corrected chi connectivity index (χ2v) is 7.94. The molecule has 1 aliphatic heterocycles. The summed E-state index contributed by atoms with van der Waals surface area (Å²) >= 11 is 0. The van der Waals surface area contributed by atoms with Gasteiger partial charge in [-0.1, -0.05) is 23.8 Å². The van der Waals surface area contributed by atoms with Crippen LogP contribution in [0, 0.1) is 13.8 Å². The number of urea groups is 1. The van der Waals surface area contributed by atoms with Gasteiger partial charge < -0.3 is 14.8 Å². The van der Waals surface area contributed by atoms with Crippen molar-refractivity contribution in [3.63, 3.8) is 0 Å². The van der Waals surface area contributed by atoms with Crippen molar-refractivity contribution in [2.45, 2.75) is 40.7 Å². The van der Waals surface area contributed by atoms with E-state index >= 15 is 0 Å². The molecule has 0 aromatic heterocycles. The number of likely N-dealkylation sites (N-methyl/N-ethyl adjacent to an activating group) is 1. The Balaban J connectivity index is 2.05. The molecule has 1 aliphatic rings. The van der Waals surface area contributed by atoms with Gasteiger partial charge in [-0.05, 0) is 70.0 Å². The first kappa shape index (κ1) is 24.0. The van der Waals surface area contributed by atoms with Crippen LogP contribution < -0.4 is 10.1 Å². The average molecular weight is 451 g/mol. The van der Waals surface area contributed by atoms with Gasteiger partial charge in [0.25, 0.3) is 0 Å². The molecule has 3 rings (SSSR count). The standard InChI is InChI=1S/C26H30N2O5/c1-6-28-22(15-33-20-11-9-19(10-12-20)18(5)29)23(25(30)32-7-2)24(27-26(28)31)21-13-8-16(3)14-17(21)4/h8-14,24H,6-7,15H2,1-5H3,(H,27,31). The fourth-order valence-corrected chi connectivity index (χ4v) is 3.96. The normalized spacial score (nSPS) is 15.8. The molecule has 7 nitrogen and oxygen atoms in total. The number of nitrogens with zero attached hydrogens (tertiary/aromatic N) is 1. The van der Waals surface area contributed by atoms with Gasteiger partial charge in [-0.25, -0.2) is 9.59 Å². The topological polar surface area (TPSA) is 84.9 Å². The number of aryl methyl sites for hydroxylation is 2. The van der Waals surface area contributed by atoms with Crippen LogP contribution in [0.2, 0.25) is 0 Å². The van der Waals surface area contributed by atoms with E-state index in [1.54, 1.807) is 31.2 Å². The van der Waals surface area contributed by atoms with Crippen LogP contribution in [0.5, 0.6) is 5.75 Å². The number of Topliss-reactive ketones (excluding diaryl/α,β-unsaturated/α-hetero) is 1. The molecule has 0 saturated carbocycles. The van der Waals surface area contributed by atoms with Crippen molar-refractivity contribution in [3.8, 4) is 5.75 Å². The highest BCUT2D eigenvalue weighted by Gasteiger charge is 2.38. The van der Waals surface area contributed by atoms with Gasteiger partial charge in [0.15, 0.2) is 5.78 Å². The van der Waals surface area contributed by atoms with Crippen molar-refractivity contribution < 1.29 is 23.9 Å². The zero-order valence-corrected chi connectivity index (χ0v) is 19.7. The van der Waals surface area contributed by atoms with Gasteiger partial charge in [-0.15, -0.1) is 0 Å². The van der Waals surface area contributed by atoms with Crippen LogP contribution in [-0.4, -0.2) is 42.4 Å². The van der Waals surface area contributed by atoms with E-state index in [2.05, 4.69) is 5.32 Å². The Morgan fingerprint density at radius 3 is 2.33 bits per heavy atom. The first-order chi connectivity index (χ1) is 15.8. The fourth-order valence-electron chi connectivity index (χ4n) is 3.96. The first-order valence-corrected chi connectivity index (χ1v) is 11.1. The lowest BCUT2D eigenvalue weighted by Gasteiger charge is -2.36. The molecule has 174 valence electrons. The Labute approximate surface area is 194 Å². The summed E-state index contributed by atoms with van der Waals surface area (Å²) in [6.07, 6.45) is 0. The molecule has 1 heterocycles. The summed E-state index contributed by atoms with van der Waals surface area (Å²) < 4.78 is 11.3. The molecule has 2 amide bonds. The maximum Gasteiger partial charge on any atom is 0.338 e. The predicted molar refractivity (Wildman–Crippen MR) is 125 cm³/mol. The van der Waals surface area contributed by atoms with Crippen molar-refractivity contribution in [3.05, 3.63) is 76.0 Å². The Hall–Kier alpha value is -3.61. The highest BCUT2D eigenvalue weighted by Crippen LogP contribution is 2.33. The largest absolute Gasteiger partial charge is 0.487 e. The van der Waals surface area contributed by atoms with Crippen LogP contribution in [0.3, 0.4) is 0 Å². The molecule has 0 spiro atoms.